The molecular formula is C19H19NO3. The van der Waals surface area contributed by atoms with Crippen molar-refractivity contribution in [2.45, 2.75) is 19.4 Å². The number of hydrogen-bond acceptors (Lipinski definition) is 4. The Morgan fingerprint density at radius 3 is 2.39 bits per heavy atom. The van der Waals surface area contributed by atoms with Crippen LogP contribution in [-0.2, 0) is 9.47 Å². The number of nitrogens with zero attached hydrogens (tertiary/aromatic N) is 1. The fourth-order valence-electron chi connectivity index (χ4n) is 2.48. The van der Waals surface area contributed by atoms with Gasteiger partial charge < -0.3 is 9.47 Å². The largest absolute Gasteiger partial charge is 0.475 e. The van der Waals surface area contributed by atoms with Crippen LogP contribution < -0.4 is 0 Å². The van der Waals surface area contributed by atoms with Crippen molar-refractivity contribution in [1.29, 1.82) is 0 Å². The van der Waals surface area contributed by atoms with E-state index in [1.807, 2.05) is 56.3 Å². The molecule has 3 rings (SSSR count). The zero-order valence-corrected chi connectivity index (χ0v) is 13.5. The topological polar surface area (TPSA) is 47.9 Å². The van der Waals surface area contributed by atoms with E-state index in [9.17, 15) is 4.79 Å². The number of aliphatic imine (C=N–C) groups is 1. The molecule has 1 heterocycles. The molecule has 0 saturated heterocycles. The van der Waals surface area contributed by atoms with Gasteiger partial charge in [0.25, 0.3) is 0 Å². The lowest BCUT2D eigenvalue weighted by molar-refractivity contribution is 0.0601. The number of ether oxygens (including phenoxy) is 2. The average Bonchev–Trinajstić information content (AvgIpc) is 2.94. The maximum Gasteiger partial charge on any atom is 0.337 e. The van der Waals surface area contributed by atoms with E-state index in [0.717, 1.165) is 16.7 Å². The third kappa shape index (κ3) is 3.26. The number of rotatable bonds is 3. The van der Waals surface area contributed by atoms with Crippen molar-refractivity contribution in [2.24, 2.45) is 4.99 Å². The zero-order valence-electron chi connectivity index (χ0n) is 13.5. The van der Waals surface area contributed by atoms with Gasteiger partial charge in [-0.1, -0.05) is 24.3 Å². The van der Waals surface area contributed by atoms with E-state index in [2.05, 4.69) is 4.99 Å². The van der Waals surface area contributed by atoms with Gasteiger partial charge in [-0.2, -0.15) is 0 Å². The van der Waals surface area contributed by atoms with Crippen LogP contribution in [0.15, 0.2) is 53.5 Å². The summed E-state index contributed by atoms with van der Waals surface area (Å²) in [5.74, 6) is 0.351. The highest BCUT2D eigenvalue weighted by Crippen LogP contribution is 2.24. The van der Waals surface area contributed by atoms with E-state index in [-0.39, 0.29) is 11.5 Å². The molecule has 0 fully saturated rings. The van der Waals surface area contributed by atoms with Gasteiger partial charge in [0.05, 0.1) is 18.2 Å². The normalized spacial score (nSPS) is 15.7. The van der Waals surface area contributed by atoms with E-state index in [1.165, 1.54) is 7.11 Å². The maximum atomic E-state index is 11.6. The van der Waals surface area contributed by atoms with Crippen LogP contribution in [0.5, 0.6) is 0 Å². The molecule has 1 aliphatic heterocycles. The highest BCUT2D eigenvalue weighted by atomic mass is 16.5. The van der Waals surface area contributed by atoms with Crippen LogP contribution in [0.4, 0.5) is 0 Å². The number of carbonyl (C=O) groups excluding carboxylic acids is 1. The number of esters is 1. The summed E-state index contributed by atoms with van der Waals surface area (Å²) in [6.45, 7) is 4.70. The van der Waals surface area contributed by atoms with Gasteiger partial charge in [-0.3, -0.25) is 0 Å². The predicted octanol–water partition coefficient (Wildman–Crippen LogP) is 3.70. The van der Waals surface area contributed by atoms with E-state index in [4.69, 9.17) is 9.47 Å². The third-order valence-corrected chi connectivity index (χ3v) is 3.72. The first-order chi connectivity index (χ1) is 11.0. The van der Waals surface area contributed by atoms with Crippen molar-refractivity contribution in [1.82, 2.24) is 0 Å². The summed E-state index contributed by atoms with van der Waals surface area (Å²) in [4.78, 5) is 16.2. The summed E-state index contributed by atoms with van der Waals surface area (Å²) in [7, 11) is 1.38. The van der Waals surface area contributed by atoms with Crippen molar-refractivity contribution < 1.29 is 14.3 Å². The molecule has 0 N–H and O–H groups in total. The van der Waals surface area contributed by atoms with Gasteiger partial charge in [0.2, 0.25) is 5.90 Å². The van der Waals surface area contributed by atoms with Gasteiger partial charge in [0.15, 0.2) is 0 Å². The fourth-order valence-corrected chi connectivity index (χ4v) is 2.48. The van der Waals surface area contributed by atoms with Gasteiger partial charge in [0, 0.05) is 5.56 Å². The van der Waals surface area contributed by atoms with Crippen molar-refractivity contribution >= 4 is 11.9 Å². The zero-order chi connectivity index (χ0) is 16.4. The van der Waals surface area contributed by atoms with Crippen LogP contribution in [0.1, 0.15) is 29.8 Å². The lowest BCUT2D eigenvalue weighted by atomic mass is 10.0. The summed E-state index contributed by atoms with van der Waals surface area (Å²) in [6.07, 6.45) is 0. The van der Waals surface area contributed by atoms with Crippen LogP contribution in [-0.4, -0.2) is 31.1 Å². The van der Waals surface area contributed by atoms with Gasteiger partial charge in [-0.05, 0) is 49.2 Å². The Morgan fingerprint density at radius 1 is 1.09 bits per heavy atom. The molecule has 2 aromatic carbocycles. The summed E-state index contributed by atoms with van der Waals surface area (Å²) < 4.78 is 10.4. The summed E-state index contributed by atoms with van der Waals surface area (Å²) >= 11 is 0. The quantitative estimate of drug-likeness (QED) is 0.812. The van der Waals surface area contributed by atoms with Crippen LogP contribution >= 0.6 is 0 Å². The smallest absolute Gasteiger partial charge is 0.337 e. The van der Waals surface area contributed by atoms with E-state index < -0.39 is 0 Å². The molecule has 118 valence electrons. The Hall–Kier alpha value is -2.62. The molecule has 0 bridgehead atoms. The Morgan fingerprint density at radius 2 is 1.78 bits per heavy atom. The van der Waals surface area contributed by atoms with Crippen molar-refractivity contribution in [3.8, 4) is 11.1 Å². The molecule has 0 saturated carbocycles. The molecular weight excluding hydrogens is 290 g/mol. The van der Waals surface area contributed by atoms with Crippen LogP contribution in [0, 0.1) is 0 Å². The lowest BCUT2D eigenvalue weighted by Crippen LogP contribution is -2.17. The Labute approximate surface area is 135 Å². The molecule has 4 nitrogen and oxygen atoms in total. The second-order valence-electron chi connectivity index (χ2n) is 6.17. The summed E-state index contributed by atoms with van der Waals surface area (Å²) in [6, 6.07) is 15.4. The Bertz CT molecular complexity index is 760. The molecule has 2 aromatic rings. The molecule has 23 heavy (non-hydrogen) atoms. The number of hydrogen-bond donors (Lipinski definition) is 0. The highest BCUT2D eigenvalue weighted by Gasteiger charge is 2.26. The second-order valence-corrected chi connectivity index (χ2v) is 6.17. The second kappa shape index (κ2) is 5.88. The number of methoxy groups -OCH3 is 1. The fraction of sp³-hybridized carbons (Fsp3) is 0.263. The van der Waals surface area contributed by atoms with Crippen molar-refractivity contribution in [3.05, 3.63) is 59.7 Å². The van der Waals surface area contributed by atoms with E-state index >= 15 is 0 Å². The molecule has 0 aromatic heterocycles. The van der Waals surface area contributed by atoms with Crippen LogP contribution in [0.3, 0.4) is 0 Å². The maximum absolute atomic E-state index is 11.6. The first kappa shape index (κ1) is 15.3. The minimum Gasteiger partial charge on any atom is -0.475 e. The summed E-state index contributed by atoms with van der Waals surface area (Å²) in [5.41, 5.74) is 3.33. The minimum absolute atomic E-state index is 0.164. The van der Waals surface area contributed by atoms with E-state index in [1.54, 1.807) is 6.07 Å². The lowest BCUT2D eigenvalue weighted by Gasteiger charge is -2.07. The molecule has 0 aliphatic carbocycles. The SMILES string of the molecule is COC(=O)c1cccc(-c2ccc(C3=NC(C)(C)CO3)cc2)c1. The highest BCUT2D eigenvalue weighted by molar-refractivity contribution is 5.96. The molecule has 0 atom stereocenters. The first-order valence-electron chi connectivity index (χ1n) is 7.50. The minimum atomic E-state index is -0.334. The molecule has 4 heteroatoms. The number of benzene rings is 2. The average molecular weight is 309 g/mol. The first-order valence-corrected chi connectivity index (χ1v) is 7.50. The monoisotopic (exact) mass is 309 g/mol. The van der Waals surface area contributed by atoms with Gasteiger partial charge in [-0.15, -0.1) is 0 Å². The van der Waals surface area contributed by atoms with Gasteiger partial charge in [-0.25, -0.2) is 9.79 Å². The molecule has 0 spiro atoms. The predicted molar refractivity (Wildman–Crippen MR) is 89.8 cm³/mol. The van der Waals surface area contributed by atoms with Crippen LogP contribution in [0.25, 0.3) is 11.1 Å². The van der Waals surface area contributed by atoms with E-state index in [0.29, 0.717) is 18.1 Å². The molecule has 0 amide bonds. The number of carbonyl (C=O) groups is 1. The Balaban J connectivity index is 1.87. The Kier molecular flexibility index (Phi) is 3.90. The molecule has 1 aliphatic rings. The molecule has 0 unspecified atom stereocenters. The summed E-state index contributed by atoms with van der Waals surface area (Å²) in [5, 5.41) is 0. The standard InChI is InChI=1S/C19H19NO3/c1-19(2)12-23-17(20-19)14-9-7-13(8-10-14)15-5-4-6-16(11-15)18(21)22-3/h4-11H,12H2,1-3H3. The van der Waals surface area contributed by atoms with Crippen LogP contribution in [0.2, 0.25) is 0 Å². The molecule has 0 radical (unpaired) electrons. The van der Waals surface area contributed by atoms with Crippen molar-refractivity contribution in [3.63, 3.8) is 0 Å². The third-order valence-electron chi connectivity index (χ3n) is 3.72. The van der Waals surface area contributed by atoms with Gasteiger partial charge >= 0.3 is 5.97 Å². The van der Waals surface area contributed by atoms with Crippen molar-refractivity contribution in [2.75, 3.05) is 13.7 Å². The van der Waals surface area contributed by atoms with Gasteiger partial charge in [0.1, 0.15) is 6.61 Å².